The van der Waals surface area contributed by atoms with Crippen LogP contribution in [0.3, 0.4) is 0 Å². The van der Waals surface area contributed by atoms with Gasteiger partial charge in [0.2, 0.25) is 0 Å². The Morgan fingerprint density at radius 2 is 2.25 bits per heavy atom. The highest BCUT2D eigenvalue weighted by molar-refractivity contribution is 7.80. The van der Waals surface area contributed by atoms with Crippen molar-refractivity contribution in [2.24, 2.45) is 11.7 Å². The number of hydrogen-bond donors (Lipinski definition) is 1. The Kier molecular flexibility index (Phi) is 4.52. The Hall–Kier alpha value is -0.400. The summed E-state index contributed by atoms with van der Waals surface area (Å²) in [6.45, 7) is 0.865. The van der Waals surface area contributed by atoms with Crippen LogP contribution in [0.25, 0.3) is 0 Å². The largest absolute Gasteiger partial charge is 0.399 e. The molecule has 3 nitrogen and oxygen atoms in total. The van der Waals surface area contributed by atoms with Gasteiger partial charge in [0.25, 0.3) is 0 Å². The average Bonchev–Trinajstić information content (AvgIpc) is 2.63. The maximum Gasteiger partial charge on any atom is 0.399 e. The second kappa shape index (κ2) is 5.29. The first-order valence-electron chi connectivity index (χ1n) is 4.96. The molecular formula is C9H15F3N2OS. The quantitative estimate of drug-likeness (QED) is 0.766. The molecule has 0 bridgehead atoms. The lowest BCUT2D eigenvalue weighted by molar-refractivity contribution is -0.159. The van der Waals surface area contributed by atoms with Crippen molar-refractivity contribution in [3.63, 3.8) is 0 Å². The van der Waals surface area contributed by atoms with E-state index in [2.05, 4.69) is 12.2 Å². The summed E-state index contributed by atoms with van der Waals surface area (Å²) in [5.74, 6) is -1.74. The first kappa shape index (κ1) is 13.7. The van der Waals surface area contributed by atoms with Crippen molar-refractivity contribution in [3.05, 3.63) is 0 Å². The molecule has 2 unspecified atom stereocenters. The Labute approximate surface area is 97.7 Å². The molecule has 1 aliphatic rings. The second-order valence-electron chi connectivity index (χ2n) is 3.95. The molecule has 0 radical (unpaired) electrons. The molecule has 1 heterocycles. The molecule has 0 aromatic carbocycles. The molecule has 0 saturated carbocycles. The lowest BCUT2D eigenvalue weighted by atomic mass is 10.1. The van der Waals surface area contributed by atoms with Crippen LogP contribution in [0.15, 0.2) is 0 Å². The van der Waals surface area contributed by atoms with Crippen LogP contribution < -0.4 is 5.73 Å². The molecular weight excluding hydrogens is 241 g/mol. The lowest BCUT2D eigenvalue weighted by Crippen LogP contribution is -2.45. The predicted octanol–water partition coefficient (Wildman–Crippen LogP) is 1.17. The summed E-state index contributed by atoms with van der Waals surface area (Å²) >= 11 is 4.46. The van der Waals surface area contributed by atoms with Gasteiger partial charge in [-0.15, -0.1) is 0 Å². The fourth-order valence-corrected chi connectivity index (χ4v) is 1.87. The molecule has 0 aliphatic carbocycles. The van der Waals surface area contributed by atoms with E-state index < -0.39 is 17.1 Å². The Bertz CT molecular complexity index is 254. The van der Waals surface area contributed by atoms with Crippen molar-refractivity contribution in [1.82, 2.24) is 4.90 Å². The van der Waals surface area contributed by atoms with Crippen LogP contribution in [0.4, 0.5) is 13.2 Å². The average molecular weight is 256 g/mol. The van der Waals surface area contributed by atoms with E-state index in [4.69, 9.17) is 10.5 Å². The minimum absolute atomic E-state index is 0.0270. The normalized spacial score (nSPS) is 23.7. The topological polar surface area (TPSA) is 38.5 Å². The number of hydrogen-bond acceptors (Lipinski definition) is 3. The Morgan fingerprint density at radius 1 is 1.62 bits per heavy atom. The van der Waals surface area contributed by atoms with E-state index in [1.54, 1.807) is 11.9 Å². The molecule has 1 rings (SSSR count). The number of nitrogens with two attached hydrogens (primary N) is 1. The zero-order chi connectivity index (χ0) is 12.3. The van der Waals surface area contributed by atoms with Crippen molar-refractivity contribution < 1.29 is 17.9 Å². The summed E-state index contributed by atoms with van der Waals surface area (Å²) in [6.07, 6.45) is -3.63. The molecule has 2 N–H and O–H groups in total. The number of rotatable bonds is 4. The molecule has 1 aliphatic heterocycles. The van der Waals surface area contributed by atoms with E-state index in [1.807, 2.05) is 0 Å². The van der Waals surface area contributed by atoms with Gasteiger partial charge in [-0.3, -0.25) is 4.90 Å². The standard InChI is InChI=1S/C9H15F3N2OS/c1-14(6-2-3-15-5-6)4-7(8(13)16)9(10,11)12/h6-7H,2-5H2,1H3,(H2,13,16). The van der Waals surface area contributed by atoms with Crippen LogP contribution in [-0.4, -0.2) is 48.9 Å². The van der Waals surface area contributed by atoms with Gasteiger partial charge >= 0.3 is 6.18 Å². The molecule has 1 saturated heterocycles. The van der Waals surface area contributed by atoms with Crippen LogP contribution in [0.2, 0.25) is 0 Å². The van der Waals surface area contributed by atoms with Crippen molar-refractivity contribution >= 4 is 17.2 Å². The Morgan fingerprint density at radius 3 is 2.62 bits per heavy atom. The molecule has 0 aromatic heterocycles. The minimum atomic E-state index is -4.38. The fraction of sp³-hybridized carbons (Fsp3) is 0.889. The van der Waals surface area contributed by atoms with E-state index >= 15 is 0 Å². The highest BCUT2D eigenvalue weighted by Crippen LogP contribution is 2.28. The van der Waals surface area contributed by atoms with Gasteiger partial charge in [0, 0.05) is 19.2 Å². The number of nitrogens with zero attached hydrogens (tertiary/aromatic N) is 1. The highest BCUT2D eigenvalue weighted by atomic mass is 32.1. The molecule has 94 valence electrons. The summed E-state index contributed by atoms with van der Waals surface area (Å²) in [5.41, 5.74) is 5.12. The number of alkyl halides is 3. The van der Waals surface area contributed by atoms with Crippen LogP contribution in [0.1, 0.15) is 6.42 Å². The molecule has 1 fully saturated rings. The van der Waals surface area contributed by atoms with Gasteiger partial charge in [-0.2, -0.15) is 13.2 Å². The van der Waals surface area contributed by atoms with E-state index in [0.717, 1.165) is 6.42 Å². The van der Waals surface area contributed by atoms with Gasteiger partial charge in [0.05, 0.1) is 11.6 Å². The summed E-state index contributed by atoms with van der Waals surface area (Å²) in [4.78, 5) is 1.11. The smallest absolute Gasteiger partial charge is 0.393 e. The number of halogens is 3. The maximum absolute atomic E-state index is 12.6. The van der Waals surface area contributed by atoms with Crippen molar-refractivity contribution in [2.45, 2.75) is 18.6 Å². The first-order valence-corrected chi connectivity index (χ1v) is 5.37. The highest BCUT2D eigenvalue weighted by Gasteiger charge is 2.43. The van der Waals surface area contributed by atoms with Crippen LogP contribution >= 0.6 is 12.2 Å². The van der Waals surface area contributed by atoms with Gasteiger partial charge in [-0.25, -0.2) is 0 Å². The van der Waals surface area contributed by atoms with Gasteiger partial charge in [0.15, 0.2) is 0 Å². The zero-order valence-corrected chi connectivity index (χ0v) is 9.77. The summed E-state index contributed by atoms with van der Waals surface area (Å²) in [6, 6.07) is 0.0270. The number of ether oxygens (including phenoxy) is 1. The molecule has 2 atom stereocenters. The number of thiocarbonyl (C=S) groups is 1. The molecule has 16 heavy (non-hydrogen) atoms. The van der Waals surface area contributed by atoms with Crippen molar-refractivity contribution in [2.75, 3.05) is 26.8 Å². The van der Waals surface area contributed by atoms with E-state index in [-0.39, 0.29) is 12.6 Å². The third-order valence-corrected chi connectivity index (χ3v) is 3.02. The van der Waals surface area contributed by atoms with Gasteiger partial charge in [-0.05, 0) is 13.5 Å². The summed E-state index contributed by atoms with van der Waals surface area (Å²) < 4.78 is 42.9. The maximum atomic E-state index is 12.6. The van der Waals surface area contributed by atoms with Gasteiger partial charge in [-0.1, -0.05) is 12.2 Å². The van der Waals surface area contributed by atoms with E-state index in [9.17, 15) is 13.2 Å². The van der Waals surface area contributed by atoms with Crippen molar-refractivity contribution in [1.29, 1.82) is 0 Å². The van der Waals surface area contributed by atoms with Crippen LogP contribution in [-0.2, 0) is 4.74 Å². The van der Waals surface area contributed by atoms with Gasteiger partial charge in [0.1, 0.15) is 5.92 Å². The van der Waals surface area contributed by atoms with Crippen LogP contribution in [0, 0.1) is 5.92 Å². The third-order valence-electron chi connectivity index (χ3n) is 2.74. The van der Waals surface area contributed by atoms with Gasteiger partial charge < -0.3 is 10.5 Å². The summed E-state index contributed by atoms with van der Waals surface area (Å²) in [5, 5.41) is 0. The molecule has 0 spiro atoms. The fourth-order valence-electron chi connectivity index (χ4n) is 1.66. The van der Waals surface area contributed by atoms with E-state index in [0.29, 0.717) is 13.2 Å². The minimum Gasteiger partial charge on any atom is -0.393 e. The molecule has 0 aromatic rings. The van der Waals surface area contributed by atoms with Crippen LogP contribution in [0.5, 0.6) is 0 Å². The van der Waals surface area contributed by atoms with Crippen molar-refractivity contribution in [3.8, 4) is 0 Å². The van der Waals surface area contributed by atoms with E-state index in [1.165, 1.54) is 0 Å². The predicted molar refractivity (Wildman–Crippen MR) is 58.2 cm³/mol. The third kappa shape index (κ3) is 3.57. The molecule has 7 heteroatoms. The first-order chi connectivity index (χ1) is 7.32. The monoisotopic (exact) mass is 256 g/mol. The lowest BCUT2D eigenvalue weighted by Gasteiger charge is -2.28. The zero-order valence-electron chi connectivity index (χ0n) is 8.96. The Balaban J connectivity index is 2.57. The summed E-state index contributed by atoms with van der Waals surface area (Å²) in [7, 11) is 1.64. The number of likely N-dealkylation sites (N-methyl/N-ethyl adjacent to an activating group) is 1. The molecule has 0 amide bonds. The SMILES string of the molecule is CN(CC(C(N)=S)C(F)(F)F)C1CCOC1. The second-order valence-corrected chi connectivity index (χ2v) is 4.42.